The van der Waals surface area contributed by atoms with Crippen LogP contribution in [0.4, 0.5) is 5.69 Å². The van der Waals surface area contributed by atoms with Gasteiger partial charge in [-0.25, -0.2) is 0 Å². The van der Waals surface area contributed by atoms with Crippen LogP contribution >= 0.6 is 0 Å². The number of hydrogen-bond donors (Lipinski definition) is 0. The van der Waals surface area contributed by atoms with Gasteiger partial charge >= 0.3 is 0 Å². The Balaban J connectivity index is 1.45. The molecule has 0 aliphatic carbocycles. The largest absolute Gasteiger partial charge is 0.286 e. The average molecular weight is 419 g/mol. The molecule has 3 heterocycles. The highest BCUT2D eigenvalue weighted by Crippen LogP contribution is 2.25. The molecular formula is C28H26N4. The van der Waals surface area contributed by atoms with Gasteiger partial charge in [0, 0.05) is 31.2 Å². The van der Waals surface area contributed by atoms with E-state index in [0.29, 0.717) is 0 Å². The van der Waals surface area contributed by atoms with Crippen LogP contribution in [0.15, 0.2) is 102 Å². The van der Waals surface area contributed by atoms with Crippen molar-refractivity contribution >= 4 is 22.3 Å². The Kier molecular flexibility index (Phi) is 5.86. The summed E-state index contributed by atoms with van der Waals surface area (Å²) in [5.74, 6) is 0. The molecule has 158 valence electrons. The van der Waals surface area contributed by atoms with Crippen LogP contribution in [0.1, 0.15) is 23.9 Å². The first-order chi connectivity index (χ1) is 15.7. The Hall–Kier alpha value is -3.63. The molecule has 4 heteroatoms. The van der Waals surface area contributed by atoms with Gasteiger partial charge in [0.05, 0.1) is 28.3 Å². The molecule has 32 heavy (non-hydrogen) atoms. The van der Waals surface area contributed by atoms with Gasteiger partial charge in [-0.3, -0.25) is 19.9 Å². The SMILES string of the molecule is CC1=CC(CN(Cc2ccccn2)Cc2ccc3ccccc3n2)=Nc2ccccc2C1. The third-order valence-electron chi connectivity index (χ3n) is 5.68. The number of allylic oxidation sites excluding steroid dienone is 1. The van der Waals surface area contributed by atoms with Gasteiger partial charge in [0.25, 0.3) is 0 Å². The quantitative estimate of drug-likeness (QED) is 0.391. The molecule has 1 aliphatic heterocycles. The number of hydrogen-bond acceptors (Lipinski definition) is 4. The second-order valence-corrected chi connectivity index (χ2v) is 8.36. The zero-order valence-electron chi connectivity index (χ0n) is 18.3. The molecule has 0 fully saturated rings. The van der Waals surface area contributed by atoms with Gasteiger partial charge in [0.15, 0.2) is 0 Å². The average Bonchev–Trinajstić information content (AvgIpc) is 2.96. The molecule has 0 saturated heterocycles. The van der Waals surface area contributed by atoms with Crippen molar-refractivity contribution in [2.75, 3.05) is 6.54 Å². The molecule has 2 aromatic carbocycles. The fourth-order valence-corrected chi connectivity index (χ4v) is 4.22. The lowest BCUT2D eigenvalue weighted by Gasteiger charge is -2.22. The first kappa shape index (κ1) is 20.3. The van der Waals surface area contributed by atoms with E-state index in [1.165, 1.54) is 11.1 Å². The van der Waals surface area contributed by atoms with Crippen molar-refractivity contribution in [3.63, 3.8) is 0 Å². The van der Waals surface area contributed by atoms with Crippen molar-refractivity contribution in [3.05, 3.63) is 114 Å². The van der Waals surface area contributed by atoms with Gasteiger partial charge in [0.1, 0.15) is 0 Å². The number of nitrogens with zero attached hydrogens (tertiary/aromatic N) is 4. The van der Waals surface area contributed by atoms with E-state index in [2.05, 4.69) is 77.5 Å². The summed E-state index contributed by atoms with van der Waals surface area (Å²) in [5.41, 5.74) is 7.87. The highest BCUT2D eigenvalue weighted by atomic mass is 15.1. The smallest absolute Gasteiger partial charge is 0.0705 e. The lowest BCUT2D eigenvalue weighted by Crippen LogP contribution is -2.29. The first-order valence-electron chi connectivity index (χ1n) is 11.0. The van der Waals surface area contributed by atoms with E-state index in [4.69, 9.17) is 9.98 Å². The van der Waals surface area contributed by atoms with Gasteiger partial charge in [0.2, 0.25) is 0 Å². The molecule has 4 aromatic rings. The van der Waals surface area contributed by atoms with Crippen molar-refractivity contribution < 1.29 is 0 Å². The monoisotopic (exact) mass is 418 g/mol. The molecule has 0 unspecified atom stereocenters. The minimum atomic E-state index is 0.731. The molecule has 0 bridgehead atoms. The molecule has 0 radical (unpaired) electrons. The summed E-state index contributed by atoms with van der Waals surface area (Å²) in [6, 6.07) is 27.0. The molecule has 5 rings (SSSR count). The number of para-hydroxylation sites is 2. The van der Waals surface area contributed by atoms with Crippen LogP contribution in [0.5, 0.6) is 0 Å². The summed E-state index contributed by atoms with van der Waals surface area (Å²) >= 11 is 0. The predicted molar refractivity (Wildman–Crippen MR) is 131 cm³/mol. The van der Waals surface area contributed by atoms with E-state index in [9.17, 15) is 0 Å². The molecule has 0 spiro atoms. The highest BCUT2D eigenvalue weighted by Gasteiger charge is 2.15. The topological polar surface area (TPSA) is 41.4 Å². The zero-order chi connectivity index (χ0) is 21.8. The zero-order valence-corrected chi connectivity index (χ0v) is 18.3. The fourth-order valence-electron chi connectivity index (χ4n) is 4.22. The molecule has 2 aromatic heterocycles. The van der Waals surface area contributed by atoms with Crippen LogP contribution in [-0.4, -0.2) is 27.1 Å². The summed E-state index contributed by atoms with van der Waals surface area (Å²) in [6.45, 7) is 4.39. The standard InChI is InChI=1S/C28H26N4/c1-21-16-23-9-3-5-12-28(23)31-26(17-21)20-32(18-24-10-6-7-15-29-24)19-25-14-13-22-8-2-4-11-27(22)30-25/h2-15,17H,16,18-20H2,1H3. The van der Waals surface area contributed by atoms with Crippen LogP contribution in [0, 0.1) is 0 Å². The van der Waals surface area contributed by atoms with Crippen LogP contribution in [0.3, 0.4) is 0 Å². The van der Waals surface area contributed by atoms with E-state index in [1.54, 1.807) is 0 Å². The van der Waals surface area contributed by atoms with Crippen LogP contribution < -0.4 is 0 Å². The highest BCUT2D eigenvalue weighted by molar-refractivity contribution is 5.99. The fraction of sp³-hybridized carbons (Fsp3) is 0.179. The third-order valence-corrected chi connectivity index (χ3v) is 5.68. The Bertz CT molecular complexity index is 1290. The first-order valence-corrected chi connectivity index (χ1v) is 11.0. The normalized spacial score (nSPS) is 13.4. The van der Waals surface area contributed by atoms with Crippen LogP contribution in [0.2, 0.25) is 0 Å². The van der Waals surface area contributed by atoms with Gasteiger partial charge in [-0.1, -0.05) is 54.1 Å². The Morgan fingerprint density at radius 1 is 0.781 bits per heavy atom. The van der Waals surface area contributed by atoms with Crippen molar-refractivity contribution in [3.8, 4) is 0 Å². The number of rotatable bonds is 6. The van der Waals surface area contributed by atoms with Crippen LogP contribution in [-0.2, 0) is 19.5 Å². The van der Waals surface area contributed by atoms with Gasteiger partial charge in [-0.05, 0) is 55.3 Å². The second-order valence-electron chi connectivity index (χ2n) is 8.36. The molecule has 0 N–H and O–H groups in total. The van der Waals surface area contributed by atoms with Crippen LogP contribution in [0.25, 0.3) is 10.9 Å². The molecule has 1 aliphatic rings. The lowest BCUT2D eigenvalue weighted by atomic mass is 10.1. The maximum atomic E-state index is 5.02. The van der Waals surface area contributed by atoms with Gasteiger partial charge < -0.3 is 0 Å². The Labute approximate surface area is 189 Å². The molecule has 0 saturated carbocycles. The van der Waals surface area contributed by atoms with Gasteiger partial charge in [-0.15, -0.1) is 0 Å². The van der Waals surface area contributed by atoms with E-state index in [-0.39, 0.29) is 0 Å². The van der Waals surface area contributed by atoms with E-state index in [1.807, 2.05) is 30.5 Å². The molecule has 0 amide bonds. The second kappa shape index (κ2) is 9.25. The number of aromatic nitrogens is 2. The van der Waals surface area contributed by atoms with Gasteiger partial charge in [-0.2, -0.15) is 0 Å². The maximum Gasteiger partial charge on any atom is 0.0705 e. The number of benzene rings is 2. The van der Waals surface area contributed by atoms with E-state index >= 15 is 0 Å². The number of aliphatic imine (C=N–C) groups is 1. The summed E-state index contributed by atoms with van der Waals surface area (Å²) in [7, 11) is 0. The third kappa shape index (κ3) is 4.82. The molecular weight excluding hydrogens is 392 g/mol. The van der Waals surface area contributed by atoms with E-state index < -0.39 is 0 Å². The summed E-state index contributed by atoms with van der Waals surface area (Å²) < 4.78 is 0. The van der Waals surface area contributed by atoms with Crippen molar-refractivity contribution in [2.24, 2.45) is 4.99 Å². The van der Waals surface area contributed by atoms with Crippen molar-refractivity contribution in [1.82, 2.24) is 14.9 Å². The predicted octanol–water partition coefficient (Wildman–Crippen LogP) is 5.91. The minimum absolute atomic E-state index is 0.731. The van der Waals surface area contributed by atoms with E-state index in [0.717, 1.165) is 59.7 Å². The van der Waals surface area contributed by atoms with Crippen molar-refractivity contribution in [1.29, 1.82) is 0 Å². The lowest BCUT2D eigenvalue weighted by molar-refractivity contribution is 0.288. The van der Waals surface area contributed by atoms with Crippen molar-refractivity contribution in [2.45, 2.75) is 26.4 Å². The summed E-state index contributed by atoms with van der Waals surface area (Å²) in [5, 5.41) is 1.16. The molecule has 4 nitrogen and oxygen atoms in total. The summed E-state index contributed by atoms with van der Waals surface area (Å²) in [4.78, 5) is 16.8. The summed E-state index contributed by atoms with van der Waals surface area (Å²) in [6.07, 6.45) is 5.03. The Morgan fingerprint density at radius 2 is 1.59 bits per heavy atom. The number of fused-ring (bicyclic) bond motifs is 2. The number of pyridine rings is 2. The minimum Gasteiger partial charge on any atom is -0.286 e. The Morgan fingerprint density at radius 3 is 2.50 bits per heavy atom. The maximum absolute atomic E-state index is 5.02. The molecule has 0 atom stereocenters.